The standard InChI is InChI=1S/C6H9N2S3/c1-9-5-7-8-3-2-4-10-6(8)11-5/h2-4H2,1H3/q+1. The van der Waals surface area contributed by atoms with Gasteiger partial charge in [0.05, 0.1) is 0 Å². The molecule has 0 saturated heterocycles. The van der Waals surface area contributed by atoms with Crippen molar-refractivity contribution in [2.24, 2.45) is 0 Å². The van der Waals surface area contributed by atoms with Gasteiger partial charge < -0.3 is 0 Å². The Balaban J connectivity index is 2.32. The number of hydrogen-bond donors (Lipinski definition) is 0. The summed E-state index contributed by atoms with van der Waals surface area (Å²) in [5.41, 5.74) is 0. The van der Waals surface area contributed by atoms with E-state index in [4.69, 9.17) is 0 Å². The lowest BCUT2D eigenvalue weighted by atomic mass is 10.5. The van der Waals surface area contributed by atoms with Crippen LogP contribution in [-0.2, 0) is 6.54 Å². The van der Waals surface area contributed by atoms with Crippen molar-refractivity contribution >= 4 is 34.9 Å². The van der Waals surface area contributed by atoms with Crippen LogP contribution in [0.2, 0.25) is 0 Å². The molecule has 2 rings (SSSR count). The van der Waals surface area contributed by atoms with Gasteiger partial charge in [-0.3, -0.25) is 0 Å². The Morgan fingerprint density at radius 1 is 1.64 bits per heavy atom. The summed E-state index contributed by atoms with van der Waals surface area (Å²) < 4.78 is 4.69. The molecule has 0 spiro atoms. The molecule has 0 saturated carbocycles. The molecule has 1 aromatic heterocycles. The molecule has 0 aromatic carbocycles. The minimum Gasteiger partial charge on any atom is -0.0926 e. The van der Waals surface area contributed by atoms with Crippen molar-refractivity contribution < 1.29 is 4.68 Å². The van der Waals surface area contributed by atoms with E-state index in [1.807, 2.05) is 23.1 Å². The van der Waals surface area contributed by atoms with Gasteiger partial charge in [0, 0.05) is 17.3 Å². The van der Waals surface area contributed by atoms with Gasteiger partial charge in [-0.25, -0.2) is 0 Å². The number of aryl methyl sites for hydroxylation is 1. The van der Waals surface area contributed by atoms with Gasteiger partial charge in [0.25, 0.3) is 0 Å². The molecule has 11 heavy (non-hydrogen) atoms. The van der Waals surface area contributed by atoms with Crippen LogP contribution in [0.1, 0.15) is 6.42 Å². The van der Waals surface area contributed by atoms with E-state index in [0.717, 1.165) is 6.54 Å². The first kappa shape index (κ1) is 7.89. The van der Waals surface area contributed by atoms with Gasteiger partial charge in [-0.1, -0.05) is 16.4 Å². The molecule has 1 aliphatic heterocycles. The number of thioether (sulfide) groups is 2. The molecular weight excluding hydrogens is 196 g/mol. The lowest BCUT2D eigenvalue weighted by molar-refractivity contribution is -0.784. The van der Waals surface area contributed by atoms with Crippen LogP contribution in [0.4, 0.5) is 0 Å². The first-order chi connectivity index (χ1) is 5.40. The van der Waals surface area contributed by atoms with Gasteiger partial charge in [-0.15, -0.1) is 0 Å². The summed E-state index contributed by atoms with van der Waals surface area (Å²) in [5, 5.41) is 4.45. The van der Waals surface area contributed by atoms with Crippen molar-refractivity contribution in [3.8, 4) is 0 Å². The van der Waals surface area contributed by atoms with Crippen LogP contribution in [0.25, 0.3) is 0 Å². The van der Waals surface area contributed by atoms with E-state index in [0.29, 0.717) is 0 Å². The summed E-state index contributed by atoms with van der Waals surface area (Å²) in [4.78, 5) is 0. The molecule has 1 aliphatic rings. The van der Waals surface area contributed by atoms with E-state index in [1.165, 1.54) is 20.9 Å². The summed E-state index contributed by atoms with van der Waals surface area (Å²) in [6.45, 7) is 1.11. The minimum atomic E-state index is 1.11. The zero-order valence-electron chi connectivity index (χ0n) is 6.24. The van der Waals surface area contributed by atoms with E-state index in [-0.39, 0.29) is 0 Å². The Bertz CT molecular complexity index is 235. The fourth-order valence-corrected chi connectivity index (χ4v) is 3.88. The highest BCUT2D eigenvalue weighted by Gasteiger charge is 2.23. The third-order valence-electron chi connectivity index (χ3n) is 1.50. The van der Waals surface area contributed by atoms with Crippen molar-refractivity contribution in [3.05, 3.63) is 0 Å². The number of hydrogen-bond acceptors (Lipinski definition) is 4. The van der Waals surface area contributed by atoms with Crippen molar-refractivity contribution in [1.82, 2.24) is 5.10 Å². The maximum Gasteiger partial charge on any atom is 0.325 e. The first-order valence-electron chi connectivity index (χ1n) is 3.48. The Labute approximate surface area is 78.4 Å². The summed E-state index contributed by atoms with van der Waals surface area (Å²) >= 11 is 5.48. The highest BCUT2D eigenvalue weighted by atomic mass is 32.2. The molecular formula is C6H9N2S3+. The molecule has 0 amide bonds. The summed E-state index contributed by atoms with van der Waals surface area (Å²) in [6.07, 6.45) is 3.34. The Morgan fingerprint density at radius 3 is 3.27 bits per heavy atom. The van der Waals surface area contributed by atoms with E-state index < -0.39 is 0 Å². The molecule has 0 radical (unpaired) electrons. The van der Waals surface area contributed by atoms with E-state index >= 15 is 0 Å². The Kier molecular flexibility index (Phi) is 2.39. The zero-order valence-corrected chi connectivity index (χ0v) is 8.69. The van der Waals surface area contributed by atoms with Gasteiger partial charge in [0.1, 0.15) is 0 Å². The maximum atomic E-state index is 4.45. The minimum absolute atomic E-state index is 1.11. The Morgan fingerprint density at radius 2 is 2.55 bits per heavy atom. The second-order valence-electron chi connectivity index (χ2n) is 2.26. The maximum absolute atomic E-state index is 4.45. The van der Waals surface area contributed by atoms with Crippen molar-refractivity contribution in [2.75, 3.05) is 12.0 Å². The topological polar surface area (TPSA) is 16.8 Å². The van der Waals surface area contributed by atoms with Crippen molar-refractivity contribution in [1.29, 1.82) is 0 Å². The number of nitrogens with zero attached hydrogens (tertiary/aromatic N) is 2. The molecule has 0 fully saturated rings. The van der Waals surface area contributed by atoms with E-state index in [2.05, 4.69) is 16.0 Å². The normalized spacial score (nSPS) is 16.5. The van der Waals surface area contributed by atoms with Crippen LogP contribution in [0.3, 0.4) is 0 Å². The van der Waals surface area contributed by atoms with Crippen molar-refractivity contribution in [3.63, 3.8) is 0 Å². The monoisotopic (exact) mass is 205 g/mol. The van der Waals surface area contributed by atoms with Crippen LogP contribution in [0.5, 0.6) is 0 Å². The zero-order chi connectivity index (χ0) is 7.68. The fraction of sp³-hybridized carbons (Fsp3) is 0.667. The van der Waals surface area contributed by atoms with Crippen LogP contribution in [0.15, 0.2) is 8.68 Å². The molecule has 0 unspecified atom stereocenters. The van der Waals surface area contributed by atoms with Gasteiger partial charge >= 0.3 is 4.34 Å². The third kappa shape index (κ3) is 1.55. The molecule has 0 atom stereocenters. The number of aromatic nitrogens is 2. The fourth-order valence-electron chi connectivity index (χ4n) is 0.989. The molecule has 5 heteroatoms. The second-order valence-corrected chi connectivity index (χ2v) is 5.64. The van der Waals surface area contributed by atoms with Crippen LogP contribution in [-0.4, -0.2) is 17.1 Å². The van der Waals surface area contributed by atoms with Crippen LogP contribution in [0, 0.1) is 0 Å². The highest BCUT2D eigenvalue weighted by molar-refractivity contribution is 8.02. The molecule has 60 valence electrons. The summed E-state index contributed by atoms with van der Waals surface area (Å²) in [6, 6.07) is 0. The largest absolute Gasteiger partial charge is 0.325 e. The SMILES string of the molecule is CSc1n[n+]2c(s1)SCCC2. The quantitative estimate of drug-likeness (QED) is 0.512. The molecule has 0 N–H and O–H groups in total. The van der Waals surface area contributed by atoms with Crippen molar-refractivity contribution in [2.45, 2.75) is 21.6 Å². The van der Waals surface area contributed by atoms with Crippen LogP contribution >= 0.6 is 34.9 Å². The van der Waals surface area contributed by atoms with E-state index in [1.54, 1.807) is 11.8 Å². The molecule has 0 bridgehead atoms. The summed E-state index contributed by atoms with van der Waals surface area (Å²) in [7, 11) is 0. The highest BCUT2D eigenvalue weighted by Crippen LogP contribution is 2.28. The average Bonchev–Trinajstić information content (AvgIpc) is 2.46. The summed E-state index contributed by atoms with van der Waals surface area (Å²) in [5.74, 6) is 1.26. The van der Waals surface area contributed by atoms with Gasteiger partial charge in [-0.05, 0) is 29.4 Å². The predicted octanol–water partition coefficient (Wildman–Crippen LogP) is 1.65. The van der Waals surface area contributed by atoms with Gasteiger partial charge in [0.2, 0.25) is 4.34 Å². The first-order valence-corrected chi connectivity index (χ1v) is 6.50. The second kappa shape index (κ2) is 3.33. The molecule has 2 heterocycles. The van der Waals surface area contributed by atoms with Gasteiger partial charge in [0.15, 0.2) is 6.54 Å². The Hall–Kier alpha value is 0.260. The number of rotatable bonds is 1. The van der Waals surface area contributed by atoms with Crippen LogP contribution < -0.4 is 4.68 Å². The smallest absolute Gasteiger partial charge is 0.0926 e. The van der Waals surface area contributed by atoms with Gasteiger partial charge in [-0.2, -0.15) is 0 Å². The molecule has 0 aliphatic carbocycles. The van der Waals surface area contributed by atoms with E-state index in [9.17, 15) is 0 Å². The predicted molar refractivity (Wildman–Crippen MR) is 49.4 cm³/mol. The molecule has 1 aromatic rings. The lowest BCUT2D eigenvalue weighted by Gasteiger charge is -1.99. The number of fused-ring (bicyclic) bond motifs is 1. The molecule has 2 nitrogen and oxygen atoms in total. The average molecular weight is 205 g/mol. The third-order valence-corrected chi connectivity index (χ3v) is 4.88. The lowest BCUT2D eigenvalue weighted by Crippen LogP contribution is -2.39.